The minimum absolute atomic E-state index is 0.0735. The summed E-state index contributed by atoms with van der Waals surface area (Å²) in [4.78, 5) is 0. The second kappa shape index (κ2) is 7.68. The summed E-state index contributed by atoms with van der Waals surface area (Å²) < 4.78 is 8.13. The number of aromatic nitrogens is 5. The van der Waals surface area contributed by atoms with Gasteiger partial charge < -0.3 is 8.98 Å². The zero-order chi connectivity index (χ0) is 17.1. The van der Waals surface area contributed by atoms with Gasteiger partial charge >= 0.3 is 0 Å². The van der Waals surface area contributed by atoms with Crippen LogP contribution >= 0.6 is 11.8 Å². The smallest absolute Gasteiger partial charge is 0.229 e. The van der Waals surface area contributed by atoms with E-state index in [0.717, 1.165) is 23.3 Å². The maximum absolute atomic E-state index is 5.82. The Morgan fingerprint density at radius 1 is 1.08 bits per heavy atom. The van der Waals surface area contributed by atoms with Crippen molar-refractivity contribution in [3.05, 3.63) is 17.6 Å². The van der Waals surface area contributed by atoms with Crippen LogP contribution in [0, 0.1) is 12.8 Å². The molecule has 1 atom stereocenters. The van der Waals surface area contributed by atoms with Gasteiger partial charge in [-0.15, -0.1) is 20.4 Å². The molecular formula is C17H27N5OS. The molecule has 0 N–H and O–H groups in total. The third-order valence-electron chi connectivity index (χ3n) is 4.47. The summed E-state index contributed by atoms with van der Waals surface area (Å²) in [5, 5.41) is 18.1. The van der Waals surface area contributed by atoms with Crippen LogP contribution in [-0.2, 0) is 6.42 Å². The summed E-state index contributed by atoms with van der Waals surface area (Å²) in [6.45, 7) is 8.44. The maximum Gasteiger partial charge on any atom is 0.229 e. The Balaban J connectivity index is 1.72. The fourth-order valence-corrected chi connectivity index (χ4v) is 4.26. The van der Waals surface area contributed by atoms with Crippen molar-refractivity contribution in [3.63, 3.8) is 0 Å². The highest BCUT2D eigenvalue weighted by atomic mass is 32.2. The summed E-state index contributed by atoms with van der Waals surface area (Å²) in [6.07, 6.45) is 7.20. The molecule has 132 valence electrons. The lowest BCUT2D eigenvalue weighted by atomic mass is 9.95. The number of rotatable bonds is 6. The predicted molar refractivity (Wildman–Crippen MR) is 94.0 cm³/mol. The Hall–Kier alpha value is -1.37. The van der Waals surface area contributed by atoms with E-state index in [9.17, 15) is 0 Å². The van der Waals surface area contributed by atoms with E-state index >= 15 is 0 Å². The van der Waals surface area contributed by atoms with Gasteiger partial charge in [0.15, 0.2) is 5.16 Å². The van der Waals surface area contributed by atoms with E-state index in [-0.39, 0.29) is 5.25 Å². The molecule has 0 saturated heterocycles. The van der Waals surface area contributed by atoms with E-state index in [1.807, 2.05) is 6.92 Å². The van der Waals surface area contributed by atoms with Crippen LogP contribution in [0.4, 0.5) is 0 Å². The van der Waals surface area contributed by atoms with Crippen LogP contribution in [0.5, 0.6) is 0 Å². The van der Waals surface area contributed by atoms with E-state index in [0.29, 0.717) is 17.9 Å². The van der Waals surface area contributed by atoms with Gasteiger partial charge in [0.25, 0.3) is 0 Å². The highest BCUT2D eigenvalue weighted by Gasteiger charge is 2.24. The first-order valence-corrected chi connectivity index (χ1v) is 9.83. The highest BCUT2D eigenvalue weighted by Crippen LogP contribution is 2.37. The molecule has 1 aliphatic carbocycles. The Kier molecular flexibility index (Phi) is 5.58. The van der Waals surface area contributed by atoms with E-state index in [1.165, 1.54) is 32.1 Å². The number of hydrogen-bond donors (Lipinski definition) is 0. The minimum atomic E-state index is 0.0735. The molecule has 24 heavy (non-hydrogen) atoms. The fourth-order valence-electron chi connectivity index (χ4n) is 3.26. The van der Waals surface area contributed by atoms with Crippen molar-refractivity contribution in [1.82, 2.24) is 25.0 Å². The number of hydrogen-bond acceptors (Lipinski definition) is 6. The topological polar surface area (TPSA) is 69.6 Å². The zero-order valence-electron chi connectivity index (χ0n) is 15.0. The lowest BCUT2D eigenvalue weighted by Gasteiger charge is -2.25. The molecule has 1 aliphatic rings. The van der Waals surface area contributed by atoms with E-state index < -0.39 is 0 Å². The van der Waals surface area contributed by atoms with E-state index in [2.05, 4.69) is 45.7 Å². The Bertz CT molecular complexity index is 660. The van der Waals surface area contributed by atoms with Crippen LogP contribution in [0.3, 0.4) is 0 Å². The van der Waals surface area contributed by atoms with Gasteiger partial charge in [-0.1, -0.05) is 44.9 Å². The van der Waals surface area contributed by atoms with Gasteiger partial charge in [0.1, 0.15) is 5.82 Å². The first-order chi connectivity index (χ1) is 11.5. The van der Waals surface area contributed by atoms with Crippen LogP contribution in [0.1, 0.15) is 81.8 Å². The molecule has 2 aromatic heterocycles. The summed E-state index contributed by atoms with van der Waals surface area (Å²) in [7, 11) is 0. The third kappa shape index (κ3) is 3.99. The molecule has 0 unspecified atom stereocenters. The Morgan fingerprint density at radius 3 is 2.54 bits per heavy atom. The lowest BCUT2D eigenvalue weighted by molar-refractivity contribution is 0.331. The molecule has 0 spiro atoms. The van der Waals surface area contributed by atoms with Gasteiger partial charge in [0, 0.05) is 12.5 Å². The highest BCUT2D eigenvalue weighted by molar-refractivity contribution is 7.99. The monoisotopic (exact) mass is 349 g/mol. The predicted octanol–water partition coefficient (Wildman–Crippen LogP) is 4.53. The van der Waals surface area contributed by atoms with Crippen LogP contribution in [0.2, 0.25) is 0 Å². The molecule has 0 amide bonds. The molecule has 6 nitrogen and oxygen atoms in total. The summed E-state index contributed by atoms with van der Waals surface area (Å²) in [5.74, 6) is 2.91. The van der Waals surface area contributed by atoms with Crippen molar-refractivity contribution in [1.29, 1.82) is 0 Å². The van der Waals surface area contributed by atoms with Crippen LogP contribution in [0.25, 0.3) is 0 Å². The number of aryl methyl sites for hydroxylation is 1. The quantitative estimate of drug-likeness (QED) is 0.714. The molecule has 1 saturated carbocycles. The van der Waals surface area contributed by atoms with Gasteiger partial charge in [-0.25, -0.2) is 0 Å². The van der Waals surface area contributed by atoms with Gasteiger partial charge in [0.2, 0.25) is 11.8 Å². The largest absolute Gasteiger partial charge is 0.424 e. The molecule has 0 aliphatic heterocycles. The fraction of sp³-hybridized carbons (Fsp3) is 0.765. The molecule has 2 heterocycles. The SMILES string of the molecule is Cc1nnc(S[C@H](C)c2nnc(CC(C)C)o2)n1C1CCCCC1. The zero-order valence-corrected chi connectivity index (χ0v) is 15.8. The van der Waals surface area contributed by atoms with Crippen LogP contribution in [0.15, 0.2) is 9.57 Å². The second-order valence-electron chi connectivity index (χ2n) is 7.08. The standard InChI is InChI=1S/C17H27N5OS/c1-11(2)10-15-19-20-16(23-15)12(3)24-17-21-18-13(4)22(17)14-8-6-5-7-9-14/h11-12,14H,5-10H2,1-4H3/t12-/m1/s1. The molecule has 3 rings (SSSR count). The number of thioether (sulfide) groups is 1. The molecular weight excluding hydrogens is 322 g/mol. The molecule has 7 heteroatoms. The van der Waals surface area contributed by atoms with Gasteiger partial charge in [-0.05, 0) is 32.6 Å². The first kappa shape index (κ1) is 17.5. The second-order valence-corrected chi connectivity index (χ2v) is 8.39. The minimum Gasteiger partial charge on any atom is -0.424 e. The van der Waals surface area contributed by atoms with Crippen molar-refractivity contribution in [2.24, 2.45) is 5.92 Å². The van der Waals surface area contributed by atoms with E-state index in [4.69, 9.17) is 4.42 Å². The number of nitrogens with zero attached hydrogens (tertiary/aromatic N) is 5. The summed E-state index contributed by atoms with van der Waals surface area (Å²) in [5.41, 5.74) is 0. The normalized spacial score (nSPS) is 17.5. The van der Waals surface area contributed by atoms with Crippen molar-refractivity contribution in [2.45, 2.75) is 82.7 Å². The molecule has 0 bridgehead atoms. The first-order valence-electron chi connectivity index (χ1n) is 8.95. The van der Waals surface area contributed by atoms with Gasteiger partial charge in [0.05, 0.1) is 5.25 Å². The Morgan fingerprint density at radius 2 is 1.83 bits per heavy atom. The van der Waals surface area contributed by atoms with Crippen LogP contribution < -0.4 is 0 Å². The van der Waals surface area contributed by atoms with Crippen LogP contribution in [-0.4, -0.2) is 25.0 Å². The molecule has 2 aromatic rings. The van der Waals surface area contributed by atoms with Crippen molar-refractivity contribution < 1.29 is 4.42 Å². The summed E-state index contributed by atoms with van der Waals surface area (Å²) in [6, 6.07) is 0.530. The third-order valence-corrected chi connectivity index (χ3v) is 5.51. The van der Waals surface area contributed by atoms with Crippen molar-refractivity contribution in [3.8, 4) is 0 Å². The summed E-state index contributed by atoms with van der Waals surface area (Å²) >= 11 is 1.66. The molecule has 0 aromatic carbocycles. The average Bonchev–Trinajstić information content (AvgIpc) is 3.15. The van der Waals surface area contributed by atoms with E-state index in [1.54, 1.807) is 11.8 Å². The average molecular weight is 350 g/mol. The molecule has 0 radical (unpaired) electrons. The van der Waals surface area contributed by atoms with Gasteiger partial charge in [-0.3, -0.25) is 0 Å². The van der Waals surface area contributed by atoms with Crippen molar-refractivity contribution in [2.75, 3.05) is 0 Å². The molecule has 1 fully saturated rings. The van der Waals surface area contributed by atoms with Crippen molar-refractivity contribution >= 4 is 11.8 Å². The lowest BCUT2D eigenvalue weighted by Crippen LogP contribution is -2.15. The maximum atomic E-state index is 5.82. The Labute approximate surface area is 147 Å². The van der Waals surface area contributed by atoms with Gasteiger partial charge in [-0.2, -0.15) is 0 Å².